The van der Waals surface area contributed by atoms with Gasteiger partial charge in [-0.2, -0.15) is 0 Å². The van der Waals surface area contributed by atoms with Gasteiger partial charge in [-0.3, -0.25) is 4.79 Å². The summed E-state index contributed by atoms with van der Waals surface area (Å²) in [4.78, 5) is 18.7. The minimum Gasteiger partial charge on any atom is -0.377 e. The third-order valence-electron chi connectivity index (χ3n) is 5.91. The van der Waals surface area contributed by atoms with Crippen molar-refractivity contribution < 1.29 is 4.79 Å². The molecular formula is C23H29N3O. The minimum atomic E-state index is 0.332. The Kier molecular flexibility index (Phi) is 5.06. The van der Waals surface area contributed by atoms with E-state index in [0.717, 1.165) is 45.4 Å². The van der Waals surface area contributed by atoms with E-state index in [1.165, 1.54) is 22.5 Å². The fourth-order valence-corrected chi connectivity index (χ4v) is 4.52. The van der Waals surface area contributed by atoms with Crippen molar-refractivity contribution in [3.63, 3.8) is 0 Å². The number of nitrogens with zero attached hydrogens (tertiary/aromatic N) is 3. The highest BCUT2D eigenvalue weighted by Gasteiger charge is 2.30. The summed E-state index contributed by atoms with van der Waals surface area (Å²) >= 11 is 0. The van der Waals surface area contributed by atoms with Crippen molar-refractivity contribution in [1.29, 1.82) is 0 Å². The topological polar surface area (TPSA) is 26.8 Å². The maximum Gasteiger partial charge on any atom is 0.222 e. The maximum atomic E-state index is 11.9. The molecule has 1 unspecified atom stereocenters. The molecule has 2 aliphatic rings. The molecule has 0 bridgehead atoms. The molecule has 2 aliphatic heterocycles. The first-order valence-corrected chi connectivity index (χ1v) is 10.0. The smallest absolute Gasteiger partial charge is 0.222 e. The van der Waals surface area contributed by atoms with Crippen LogP contribution in [0, 0.1) is 0 Å². The molecular weight excluding hydrogens is 334 g/mol. The number of anilines is 2. The molecule has 2 heterocycles. The molecule has 0 spiro atoms. The molecule has 0 aromatic heterocycles. The van der Waals surface area contributed by atoms with Crippen LogP contribution >= 0.6 is 0 Å². The summed E-state index contributed by atoms with van der Waals surface area (Å²) in [6, 6.07) is 17.4. The van der Waals surface area contributed by atoms with Gasteiger partial charge in [-0.05, 0) is 36.1 Å². The van der Waals surface area contributed by atoms with Crippen LogP contribution in [0.4, 0.5) is 11.4 Å². The van der Waals surface area contributed by atoms with E-state index in [-0.39, 0.29) is 0 Å². The van der Waals surface area contributed by atoms with Crippen LogP contribution < -0.4 is 9.80 Å². The SMILES string of the molecule is CN(C)c1ccccc1CN1CC(CCN2CCCC2=O)c2ccccc21. The number of carbonyl (C=O) groups excluding carboxylic acids is 1. The summed E-state index contributed by atoms with van der Waals surface area (Å²) < 4.78 is 0. The van der Waals surface area contributed by atoms with Gasteiger partial charge in [0.1, 0.15) is 0 Å². The summed E-state index contributed by atoms with van der Waals surface area (Å²) in [6.07, 6.45) is 2.80. The Labute approximate surface area is 162 Å². The molecule has 4 rings (SSSR count). The van der Waals surface area contributed by atoms with E-state index in [1.807, 2.05) is 4.90 Å². The van der Waals surface area contributed by atoms with Crippen molar-refractivity contribution in [3.05, 3.63) is 59.7 Å². The van der Waals surface area contributed by atoms with Crippen LogP contribution in [0.25, 0.3) is 0 Å². The Morgan fingerprint density at radius 2 is 1.81 bits per heavy atom. The first kappa shape index (κ1) is 17.9. The summed E-state index contributed by atoms with van der Waals surface area (Å²) in [5, 5.41) is 0. The normalized spacial score (nSPS) is 18.9. The van der Waals surface area contributed by atoms with E-state index >= 15 is 0 Å². The third kappa shape index (κ3) is 3.66. The Morgan fingerprint density at radius 3 is 2.59 bits per heavy atom. The van der Waals surface area contributed by atoms with Gasteiger partial charge < -0.3 is 14.7 Å². The quantitative estimate of drug-likeness (QED) is 0.779. The summed E-state index contributed by atoms with van der Waals surface area (Å²) in [6.45, 7) is 3.78. The van der Waals surface area contributed by atoms with Crippen molar-refractivity contribution in [1.82, 2.24) is 4.90 Å². The van der Waals surface area contributed by atoms with Crippen LogP contribution in [0.5, 0.6) is 0 Å². The zero-order valence-electron chi connectivity index (χ0n) is 16.4. The number of amides is 1. The van der Waals surface area contributed by atoms with Gasteiger partial charge in [0.2, 0.25) is 5.91 Å². The second-order valence-corrected chi connectivity index (χ2v) is 7.93. The van der Waals surface area contributed by atoms with Crippen LogP contribution in [0.3, 0.4) is 0 Å². The Bertz CT molecular complexity index is 817. The summed E-state index contributed by atoms with van der Waals surface area (Å²) in [5.41, 5.74) is 5.42. The Balaban J connectivity index is 1.51. The van der Waals surface area contributed by atoms with E-state index in [1.54, 1.807) is 0 Å². The Morgan fingerprint density at radius 1 is 1.04 bits per heavy atom. The van der Waals surface area contributed by atoms with Gasteiger partial charge in [0.05, 0.1) is 0 Å². The third-order valence-corrected chi connectivity index (χ3v) is 5.91. The maximum absolute atomic E-state index is 11.9. The lowest BCUT2D eigenvalue weighted by Gasteiger charge is -2.24. The number of likely N-dealkylation sites (tertiary alicyclic amines) is 1. The zero-order chi connectivity index (χ0) is 18.8. The minimum absolute atomic E-state index is 0.332. The second-order valence-electron chi connectivity index (χ2n) is 7.93. The predicted molar refractivity (Wildman–Crippen MR) is 111 cm³/mol. The highest BCUT2D eigenvalue weighted by molar-refractivity contribution is 5.78. The summed E-state index contributed by atoms with van der Waals surface area (Å²) in [5.74, 6) is 0.833. The van der Waals surface area contributed by atoms with Crippen LogP contribution in [0.2, 0.25) is 0 Å². The average Bonchev–Trinajstić information content (AvgIpc) is 3.24. The molecule has 0 aliphatic carbocycles. The fourth-order valence-electron chi connectivity index (χ4n) is 4.52. The fraction of sp³-hybridized carbons (Fsp3) is 0.435. The van der Waals surface area contributed by atoms with Crippen molar-refractivity contribution >= 4 is 17.3 Å². The van der Waals surface area contributed by atoms with E-state index in [4.69, 9.17) is 0 Å². The largest absolute Gasteiger partial charge is 0.377 e. The molecule has 2 aromatic rings. The molecule has 2 aromatic carbocycles. The number of carbonyl (C=O) groups is 1. The predicted octanol–water partition coefficient (Wildman–Crippen LogP) is 3.87. The molecule has 1 saturated heterocycles. The molecule has 1 atom stereocenters. The van der Waals surface area contributed by atoms with Gasteiger partial charge in [0.25, 0.3) is 0 Å². The van der Waals surface area contributed by atoms with E-state index in [2.05, 4.69) is 72.4 Å². The van der Waals surface area contributed by atoms with Crippen molar-refractivity contribution in [3.8, 4) is 0 Å². The second kappa shape index (κ2) is 7.63. The van der Waals surface area contributed by atoms with Gasteiger partial charge >= 0.3 is 0 Å². The molecule has 0 saturated carbocycles. The number of benzene rings is 2. The highest BCUT2D eigenvalue weighted by atomic mass is 16.2. The van der Waals surface area contributed by atoms with Crippen LogP contribution in [-0.4, -0.2) is 44.5 Å². The standard InChI is InChI=1S/C23H29N3O/c1-24(2)21-10-5-3-8-19(21)17-26-16-18(20-9-4-6-11-22(20)26)13-15-25-14-7-12-23(25)27/h3-6,8-11,18H,7,12-17H2,1-2H3. The number of rotatable bonds is 6. The number of hydrogen-bond donors (Lipinski definition) is 0. The number of para-hydroxylation sites is 2. The molecule has 4 heteroatoms. The van der Waals surface area contributed by atoms with E-state index < -0.39 is 0 Å². The highest BCUT2D eigenvalue weighted by Crippen LogP contribution is 2.39. The van der Waals surface area contributed by atoms with Crippen LogP contribution in [0.1, 0.15) is 36.3 Å². The van der Waals surface area contributed by atoms with Crippen molar-refractivity contribution in [2.75, 3.05) is 43.5 Å². The first-order chi connectivity index (χ1) is 13.1. The van der Waals surface area contributed by atoms with Gasteiger partial charge in [0, 0.05) is 64.0 Å². The molecule has 27 heavy (non-hydrogen) atoms. The van der Waals surface area contributed by atoms with Gasteiger partial charge in [0.15, 0.2) is 0 Å². The summed E-state index contributed by atoms with van der Waals surface area (Å²) in [7, 11) is 4.21. The van der Waals surface area contributed by atoms with Crippen LogP contribution in [0.15, 0.2) is 48.5 Å². The number of fused-ring (bicyclic) bond motifs is 1. The zero-order valence-corrected chi connectivity index (χ0v) is 16.4. The lowest BCUT2D eigenvalue weighted by atomic mass is 9.98. The van der Waals surface area contributed by atoms with E-state index in [9.17, 15) is 4.79 Å². The van der Waals surface area contributed by atoms with E-state index in [0.29, 0.717) is 11.8 Å². The van der Waals surface area contributed by atoms with Crippen molar-refractivity contribution in [2.24, 2.45) is 0 Å². The van der Waals surface area contributed by atoms with Gasteiger partial charge in [-0.25, -0.2) is 0 Å². The monoisotopic (exact) mass is 363 g/mol. The average molecular weight is 364 g/mol. The van der Waals surface area contributed by atoms with Crippen LogP contribution in [-0.2, 0) is 11.3 Å². The molecule has 4 nitrogen and oxygen atoms in total. The lowest BCUT2D eigenvalue weighted by molar-refractivity contribution is -0.127. The molecule has 0 N–H and O–H groups in total. The molecule has 0 radical (unpaired) electrons. The van der Waals surface area contributed by atoms with Crippen molar-refractivity contribution in [2.45, 2.75) is 31.7 Å². The first-order valence-electron chi connectivity index (χ1n) is 10.0. The number of hydrogen-bond acceptors (Lipinski definition) is 3. The van der Waals surface area contributed by atoms with Gasteiger partial charge in [-0.15, -0.1) is 0 Å². The lowest BCUT2D eigenvalue weighted by Crippen LogP contribution is -2.28. The molecule has 1 fully saturated rings. The van der Waals surface area contributed by atoms with Gasteiger partial charge in [-0.1, -0.05) is 36.4 Å². The molecule has 1 amide bonds. The molecule has 142 valence electrons. The Hall–Kier alpha value is -2.49.